The zero-order chi connectivity index (χ0) is 12.2. The monoisotopic (exact) mass is 270 g/mol. The van der Waals surface area contributed by atoms with Gasteiger partial charge in [-0.1, -0.05) is 6.07 Å². The Kier molecular flexibility index (Phi) is 6.91. The number of ether oxygens (including phenoxy) is 1. The molecule has 90 valence electrons. The van der Waals surface area contributed by atoms with E-state index in [1.54, 1.807) is 0 Å². The molecule has 0 amide bonds. The van der Waals surface area contributed by atoms with Gasteiger partial charge in [0.1, 0.15) is 6.61 Å². The molecule has 0 spiro atoms. The Balaban J connectivity index is 0. The number of benzene rings is 1. The molecule has 0 aromatic heterocycles. The summed E-state index contributed by atoms with van der Waals surface area (Å²) in [5.41, 5.74) is -0.0106. The number of esters is 1. The molecule has 0 aliphatic carbocycles. The number of aliphatic hydroxyl groups excluding tert-OH is 1. The van der Waals surface area contributed by atoms with Gasteiger partial charge < -0.3 is 11.3 Å². The van der Waals surface area contributed by atoms with Crippen LogP contribution in [0, 0.1) is 0 Å². The second-order valence-electron chi connectivity index (χ2n) is 2.86. The maximum absolute atomic E-state index is 11.3. The number of hydrogen-bond acceptors (Lipinski definition) is 5. The van der Waals surface area contributed by atoms with Gasteiger partial charge in [-0.3, -0.25) is 4.55 Å². The fourth-order valence-electron chi connectivity index (χ4n) is 1.01. The van der Waals surface area contributed by atoms with E-state index in [9.17, 15) is 13.2 Å². The number of carbonyl (C=O) groups excluding carboxylic acids is 1. The van der Waals surface area contributed by atoms with Gasteiger partial charge in [0.25, 0.3) is 10.1 Å². The van der Waals surface area contributed by atoms with Gasteiger partial charge in [-0.25, -0.2) is 4.79 Å². The molecule has 0 atom stereocenters. The van der Waals surface area contributed by atoms with Crippen molar-refractivity contribution >= 4 is 16.1 Å². The maximum atomic E-state index is 11.3. The minimum Gasteiger partial charge on any atom is -1.00 e. The molecule has 0 radical (unpaired) electrons. The van der Waals surface area contributed by atoms with E-state index in [1.807, 2.05) is 0 Å². The molecule has 0 aliphatic rings. The quantitative estimate of drug-likeness (QED) is 0.348. The molecule has 1 rings (SSSR count). The Labute approximate surface area is 122 Å². The van der Waals surface area contributed by atoms with Crippen molar-refractivity contribution in [2.24, 2.45) is 0 Å². The summed E-state index contributed by atoms with van der Waals surface area (Å²) < 4.78 is 34.9. The Morgan fingerprint density at radius 2 is 2.06 bits per heavy atom. The van der Waals surface area contributed by atoms with E-state index in [-0.39, 0.29) is 54.7 Å². The molecule has 0 saturated carbocycles. The van der Waals surface area contributed by atoms with Crippen molar-refractivity contribution < 1.29 is 58.6 Å². The first kappa shape index (κ1) is 16.6. The van der Waals surface area contributed by atoms with Crippen LogP contribution in [0.2, 0.25) is 0 Å². The molecule has 0 heterocycles. The van der Waals surface area contributed by atoms with Gasteiger partial charge in [0, 0.05) is 0 Å². The minimum absolute atomic E-state index is 0. The molecule has 2 N–H and O–H groups in total. The van der Waals surface area contributed by atoms with Gasteiger partial charge in [0.05, 0.1) is 17.1 Å². The normalized spacial score (nSPS) is 10.5. The van der Waals surface area contributed by atoms with Crippen molar-refractivity contribution in [2.75, 3.05) is 13.2 Å². The van der Waals surface area contributed by atoms with Crippen LogP contribution in [-0.2, 0) is 14.9 Å². The molecule has 1 aromatic rings. The molecule has 0 saturated heterocycles. The van der Waals surface area contributed by atoms with Gasteiger partial charge in [0.2, 0.25) is 0 Å². The third kappa shape index (κ3) is 5.15. The second-order valence-corrected chi connectivity index (χ2v) is 4.28. The van der Waals surface area contributed by atoms with Crippen molar-refractivity contribution in [1.82, 2.24) is 0 Å². The largest absolute Gasteiger partial charge is 1.00 e. The zero-order valence-electron chi connectivity index (χ0n) is 10.2. The minimum atomic E-state index is -4.34. The summed E-state index contributed by atoms with van der Waals surface area (Å²) in [6.07, 6.45) is 0. The average Bonchev–Trinajstić information content (AvgIpc) is 2.25. The summed E-state index contributed by atoms with van der Waals surface area (Å²) in [5, 5.41) is 8.43. The fourth-order valence-corrected chi connectivity index (χ4v) is 1.53. The van der Waals surface area contributed by atoms with Gasteiger partial charge in [-0.15, -0.1) is 0 Å². The maximum Gasteiger partial charge on any atom is 1.00 e. The number of hydrogen-bond donors (Lipinski definition) is 2. The van der Waals surface area contributed by atoms with Crippen LogP contribution in [0.15, 0.2) is 29.2 Å². The van der Waals surface area contributed by atoms with Crippen LogP contribution in [0.25, 0.3) is 0 Å². The Morgan fingerprint density at radius 1 is 1.41 bits per heavy atom. The van der Waals surface area contributed by atoms with E-state index in [0.717, 1.165) is 12.1 Å². The van der Waals surface area contributed by atoms with Gasteiger partial charge in [-0.05, 0) is 18.2 Å². The van der Waals surface area contributed by atoms with Crippen molar-refractivity contribution in [3.63, 3.8) is 0 Å². The summed E-state index contributed by atoms with van der Waals surface area (Å²) in [7, 11) is -4.34. The molecule has 17 heavy (non-hydrogen) atoms. The van der Waals surface area contributed by atoms with Crippen LogP contribution in [0.1, 0.15) is 11.8 Å². The van der Waals surface area contributed by atoms with Crippen molar-refractivity contribution in [1.29, 1.82) is 0 Å². The van der Waals surface area contributed by atoms with Crippen molar-refractivity contribution in [2.45, 2.75) is 4.90 Å². The third-order valence-corrected chi connectivity index (χ3v) is 2.54. The predicted octanol–water partition coefficient (Wildman–Crippen LogP) is -2.80. The van der Waals surface area contributed by atoms with Gasteiger partial charge >= 0.3 is 35.5 Å². The first-order valence-electron chi connectivity index (χ1n) is 4.30. The molecular weight excluding hydrogens is 259 g/mol. The summed E-state index contributed by atoms with van der Waals surface area (Å²) in [6, 6.07) is 4.79. The summed E-state index contributed by atoms with van der Waals surface area (Å²) in [5.74, 6) is -0.764. The molecule has 0 bridgehead atoms. The van der Waals surface area contributed by atoms with Crippen LogP contribution < -0.4 is 29.6 Å². The van der Waals surface area contributed by atoms with E-state index in [4.69, 9.17) is 9.66 Å². The molecule has 6 nitrogen and oxygen atoms in total. The standard InChI is InChI=1S/C9H10O6S.Na.H/c10-4-5-15-9(11)7-2-1-3-8(6-7)16(12,13)14;;/h1-3,6,10H,4-5H2,(H,12,13,14);;/q;+1;-1. The van der Waals surface area contributed by atoms with E-state index < -0.39 is 16.1 Å². The topological polar surface area (TPSA) is 101 Å². The van der Waals surface area contributed by atoms with E-state index in [2.05, 4.69) is 4.74 Å². The zero-order valence-corrected chi connectivity index (χ0v) is 12.0. The summed E-state index contributed by atoms with van der Waals surface area (Å²) >= 11 is 0. The molecule has 0 unspecified atom stereocenters. The van der Waals surface area contributed by atoms with Gasteiger partial charge in [-0.2, -0.15) is 8.42 Å². The van der Waals surface area contributed by atoms with E-state index >= 15 is 0 Å². The first-order chi connectivity index (χ1) is 7.45. The predicted molar refractivity (Wildman–Crippen MR) is 54.7 cm³/mol. The smallest absolute Gasteiger partial charge is 1.00 e. The SMILES string of the molecule is O=C(OCCO)c1cccc(S(=O)(=O)O)c1.[H-].[Na+]. The average molecular weight is 270 g/mol. The molecular formula is C9H11NaO6S. The summed E-state index contributed by atoms with van der Waals surface area (Å²) in [4.78, 5) is 10.9. The number of carbonyl (C=O) groups is 1. The van der Waals surface area contributed by atoms with Crippen LogP contribution in [0.3, 0.4) is 0 Å². The van der Waals surface area contributed by atoms with Crippen LogP contribution in [0.4, 0.5) is 0 Å². The Morgan fingerprint density at radius 3 is 2.59 bits per heavy atom. The number of aliphatic hydroxyl groups is 1. The molecule has 0 aliphatic heterocycles. The van der Waals surface area contributed by atoms with Crippen molar-refractivity contribution in [3.05, 3.63) is 29.8 Å². The van der Waals surface area contributed by atoms with Crippen LogP contribution in [-0.4, -0.2) is 37.3 Å². The third-order valence-electron chi connectivity index (χ3n) is 1.69. The Hall–Kier alpha value is -0.440. The second kappa shape index (κ2) is 7.10. The molecule has 1 aromatic carbocycles. The fraction of sp³-hybridized carbons (Fsp3) is 0.222. The Bertz CT molecular complexity index is 490. The van der Waals surface area contributed by atoms with Gasteiger partial charge in [0.15, 0.2) is 0 Å². The van der Waals surface area contributed by atoms with Crippen LogP contribution >= 0.6 is 0 Å². The molecule has 8 heteroatoms. The molecule has 0 fully saturated rings. The van der Waals surface area contributed by atoms with E-state index in [0.29, 0.717) is 0 Å². The first-order valence-corrected chi connectivity index (χ1v) is 5.74. The van der Waals surface area contributed by atoms with E-state index in [1.165, 1.54) is 12.1 Å². The van der Waals surface area contributed by atoms with Crippen molar-refractivity contribution in [3.8, 4) is 0 Å². The van der Waals surface area contributed by atoms with Crippen LogP contribution in [0.5, 0.6) is 0 Å². The summed E-state index contributed by atoms with van der Waals surface area (Å²) in [6.45, 7) is -0.487. The number of rotatable bonds is 4.